The molecular formula is C22H31N12O6S2+. The lowest BCUT2D eigenvalue weighted by atomic mass is 10.1. The number of fused-ring (bicyclic) bond motifs is 1. The van der Waals surface area contributed by atoms with Gasteiger partial charge in [0, 0.05) is 42.1 Å². The summed E-state index contributed by atoms with van der Waals surface area (Å²) in [6.07, 6.45) is 3.41. The van der Waals surface area contributed by atoms with Crippen LogP contribution in [0.25, 0.3) is 0 Å². The van der Waals surface area contributed by atoms with Gasteiger partial charge in [0.1, 0.15) is 11.4 Å². The van der Waals surface area contributed by atoms with E-state index in [0.29, 0.717) is 36.9 Å². The molecule has 1 saturated heterocycles. The number of carbonyl (C=O) groups excluding carboxylic acids is 3. The van der Waals surface area contributed by atoms with Gasteiger partial charge in [0.25, 0.3) is 11.8 Å². The van der Waals surface area contributed by atoms with Gasteiger partial charge >= 0.3 is 12.0 Å². The van der Waals surface area contributed by atoms with Crippen molar-refractivity contribution in [1.82, 2.24) is 29.6 Å². The average Bonchev–Trinajstić information content (AvgIpc) is 3.48. The maximum Gasteiger partial charge on any atom is 0.350 e. The van der Waals surface area contributed by atoms with Crippen molar-refractivity contribution < 1.29 is 33.8 Å². The fourth-order valence-corrected chi connectivity index (χ4v) is 5.48. The number of aliphatic carboxylic acids is 1. The lowest BCUT2D eigenvalue weighted by molar-refractivity contribution is -0.765. The largest absolute Gasteiger partial charge is 0.478 e. The Morgan fingerprint density at radius 3 is 2.71 bits per heavy atom. The van der Waals surface area contributed by atoms with E-state index < -0.39 is 35.3 Å². The molecule has 2 aromatic heterocycles. The van der Waals surface area contributed by atoms with Crippen molar-refractivity contribution in [2.24, 2.45) is 17.9 Å². The molecule has 10 N–H and O–H groups in total. The van der Waals surface area contributed by atoms with Crippen molar-refractivity contribution in [3.63, 3.8) is 0 Å². The van der Waals surface area contributed by atoms with Crippen LogP contribution in [0.1, 0.15) is 19.7 Å². The second-order valence-corrected chi connectivity index (χ2v) is 11.6. The number of hydrogen-bond acceptors (Lipinski definition) is 13. The molecule has 20 heteroatoms. The number of nitrogens with two attached hydrogens (primary N) is 3. The molecule has 0 bridgehead atoms. The lowest BCUT2D eigenvalue weighted by Gasteiger charge is -2.47. The number of rotatable bonds is 11. The van der Waals surface area contributed by atoms with Gasteiger partial charge in [-0.3, -0.25) is 14.9 Å². The van der Waals surface area contributed by atoms with Gasteiger partial charge in [0.05, 0.1) is 7.05 Å². The Bertz CT molecular complexity index is 1470. The molecule has 42 heavy (non-hydrogen) atoms. The molecule has 0 unspecified atom stereocenters. The zero-order valence-electron chi connectivity index (χ0n) is 22.9. The SMILES string of the molecule is Cn1c(N)c(NC(=O)NCCN)c[n+]1CC1=CN2C(=O)[C@@H](NC(=O)/C(=N\OC(C)(C)C(=O)O)c3nsc(N)n3)[C@H]2SC1. The second-order valence-electron chi connectivity index (χ2n) is 9.71. The van der Waals surface area contributed by atoms with E-state index >= 15 is 0 Å². The first-order valence-corrected chi connectivity index (χ1v) is 14.3. The Morgan fingerprint density at radius 2 is 2.07 bits per heavy atom. The first-order chi connectivity index (χ1) is 19.8. The van der Waals surface area contributed by atoms with Crippen molar-refractivity contribution in [1.29, 1.82) is 0 Å². The molecule has 0 aromatic carbocycles. The number of nitrogens with zero attached hydrogens (tertiary/aromatic N) is 6. The minimum absolute atomic E-state index is 0.0602. The Balaban J connectivity index is 1.43. The van der Waals surface area contributed by atoms with E-state index in [1.165, 1.54) is 30.5 Å². The number of thioether (sulfide) groups is 1. The minimum Gasteiger partial charge on any atom is -0.478 e. The highest BCUT2D eigenvalue weighted by Gasteiger charge is 2.50. The summed E-state index contributed by atoms with van der Waals surface area (Å²) < 4.78 is 7.42. The topological polar surface area (TPSA) is 262 Å². The fourth-order valence-electron chi connectivity index (χ4n) is 3.79. The number of urea groups is 1. The molecule has 18 nitrogen and oxygen atoms in total. The van der Waals surface area contributed by atoms with E-state index in [-0.39, 0.29) is 22.2 Å². The number of nitrogens with one attached hydrogen (secondary N) is 3. The first-order valence-electron chi connectivity index (χ1n) is 12.5. The third kappa shape index (κ3) is 6.39. The van der Waals surface area contributed by atoms with Crippen molar-refractivity contribution >= 4 is 69.5 Å². The van der Waals surface area contributed by atoms with Gasteiger partial charge in [-0.05, 0) is 13.8 Å². The third-order valence-corrected chi connectivity index (χ3v) is 8.13. The first kappa shape index (κ1) is 30.5. The quantitative estimate of drug-likeness (QED) is 0.0619. The second kappa shape index (κ2) is 12.2. The van der Waals surface area contributed by atoms with Crippen LogP contribution in [0.4, 0.5) is 21.4 Å². The molecule has 0 aliphatic carbocycles. The Kier molecular flexibility index (Phi) is 8.87. The van der Waals surface area contributed by atoms with Crippen LogP contribution in [0.15, 0.2) is 23.1 Å². The predicted molar refractivity (Wildman–Crippen MR) is 153 cm³/mol. The van der Waals surface area contributed by atoms with Crippen LogP contribution < -0.4 is 37.8 Å². The molecule has 2 aliphatic heterocycles. The highest BCUT2D eigenvalue weighted by atomic mass is 32.2. The maximum absolute atomic E-state index is 13.1. The molecule has 226 valence electrons. The number of hydrogen-bond donors (Lipinski definition) is 7. The van der Waals surface area contributed by atoms with Gasteiger partial charge in [-0.1, -0.05) is 5.16 Å². The van der Waals surface area contributed by atoms with E-state index in [0.717, 1.165) is 17.1 Å². The van der Waals surface area contributed by atoms with Crippen LogP contribution in [0.3, 0.4) is 0 Å². The Morgan fingerprint density at radius 1 is 1.33 bits per heavy atom. The molecule has 0 saturated carbocycles. The normalized spacial score (nSPS) is 18.5. The summed E-state index contributed by atoms with van der Waals surface area (Å²) >= 11 is 2.26. The lowest BCUT2D eigenvalue weighted by Crippen LogP contribution is -2.69. The molecule has 4 rings (SSSR count). The van der Waals surface area contributed by atoms with E-state index in [2.05, 4.69) is 30.5 Å². The molecule has 1 fully saturated rings. The van der Waals surface area contributed by atoms with Gasteiger partial charge in [-0.2, -0.15) is 9.36 Å². The highest BCUT2D eigenvalue weighted by molar-refractivity contribution is 8.00. The number of oxime groups is 1. The van der Waals surface area contributed by atoms with Gasteiger partial charge in [-0.25, -0.2) is 9.59 Å². The average molecular weight is 624 g/mol. The van der Waals surface area contributed by atoms with Crippen LogP contribution in [-0.4, -0.2) is 89.4 Å². The molecule has 2 atom stereocenters. The monoisotopic (exact) mass is 623 g/mol. The fraction of sp³-hybridized carbons (Fsp3) is 0.455. The Labute approximate surface area is 247 Å². The number of amides is 4. The molecule has 0 spiro atoms. The third-order valence-electron chi connectivity index (χ3n) is 6.21. The number of aromatic nitrogens is 4. The summed E-state index contributed by atoms with van der Waals surface area (Å²) in [4.78, 5) is 60.1. The zero-order valence-corrected chi connectivity index (χ0v) is 24.5. The zero-order chi connectivity index (χ0) is 30.8. The number of carboxylic acid groups (broad SMARTS) is 1. The van der Waals surface area contributed by atoms with E-state index in [9.17, 15) is 24.3 Å². The number of nitrogen functional groups attached to an aromatic ring is 2. The Hall–Kier alpha value is -4.43. The molecule has 2 aliphatic rings. The molecule has 2 aromatic rings. The van der Waals surface area contributed by atoms with Crippen molar-refractivity contribution in [3.8, 4) is 0 Å². The van der Waals surface area contributed by atoms with Gasteiger partial charge in [0.15, 0.2) is 23.2 Å². The molecular weight excluding hydrogens is 592 g/mol. The van der Waals surface area contributed by atoms with Crippen LogP contribution in [0.5, 0.6) is 0 Å². The van der Waals surface area contributed by atoms with Crippen LogP contribution >= 0.6 is 23.3 Å². The molecule has 4 heterocycles. The van der Waals surface area contributed by atoms with Crippen LogP contribution in [-0.2, 0) is 32.8 Å². The minimum atomic E-state index is -1.74. The summed E-state index contributed by atoms with van der Waals surface area (Å²) in [7, 11) is 1.74. The molecule has 4 amide bonds. The maximum atomic E-state index is 13.1. The van der Waals surface area contributed by atoms with Crippen LogP contribution in [0.2, 0.25) is 0 Å². The number of carboxylic acids is 1. The van der Waals surface area contributed by atoms with Crippen LogP contribution in [0, 0.1) is 0 Å². The predicted octanol–water partition coefficient (Wildman–Crippen LogP) is -2.02. The van der Waals surface area contributed by atoms with Crippen molar-refractivity contribution in [3.05, 3.63) is 23.8 Å². The van der Waals surface area contributed by atoms with Gasteiger partial charge in [0.2, 0.25) is 23.3 Å². The summed E-state index contributed by atoms with van der Waals surface area (Å²) in [5.74, 6) is -1.77. The van der Waals surface area contributed by atoms with Crippen molar-refractivity contribution in [2.75, 3.05) is 35.6 Å². The molecule has 0 radical (unpaired) electrons. The van der Waals surface area contributed by atoms with E-state index in [4.69, 9.17) is 22.0 Å². The standard InChI is InChI=1S/C22H30N12O6S2/c1-22(2,19(37)38)40-30-12(15-29-20(25)42-31-15)16(35)28-13-17(36)34-7-10(9-41-18(13)34)6-33-8-11(14(24)32(33)3)27-21(39)26-5-4-23/h7-8,13,18,24H,4-6,9,23H2,1-3H3,(H6,25,26,27,28,29,31,35,37,38,39)/p+1/b30-12-/t13-,18-/m1/s1. The highest BCUT2D eigenvalue weighted by Crippen LogP contribution is 2.36. The van der Waals surface area contributed by atoms with Gasteiger partial charge < -0.3 is 42.7 Å². The van der Waals surface area contributed by atoms with Crippen molar-refractivity contribution in [2.45, 2.75) is 37.4 Å². The summed E-state index contributed by atoms with van der Waals surface area (Å²) in [5, 5.41) is 20.6. The summed E-state index contributed by atoms with van der Waals surface area (Å²) in [6, 6.07) is -1.31. The number of carbonyl (C=O) groups is 4. The van der Waals surface area contributed by atoms with E-state index in [1.807, 2.05) is 0 Å². The van der Waals surface area contributed by atoms with E-state index in [1.54, 1.807) is 28.8 Å². The smallest absolute Gasteiger partial charge is 0.350 e. The summed E-state index contributed by atoms with van der Waals surface area (Å²) in [5.41, 5.74) is 16.3. The number of anilines is 3. The van der Waals surface area contributed by atoms with Gasteiger partial charge in [-0.15, -0.1) is 21.1 Å². The number of β-lactam (4-membered cyclic amide) rings is 1. The summed E-state index contributed by atoms with van der Waals surface area (Å²) in [6.45, 7) is 3.52.